The summed E-state index contributed by atoms with van der Waals surface area (Å²) in [6.07, 6.45) is 2.37. The molecule has 1 saturated heterocycles. The lowest BCUT2D eigenvalue weighted by Gasteiger charge is -2.30. The van der Waals surface area contributed by atoms with Crippen molar-refractivity contribution in [3.05, 3.63) is 22.7 Å². The van der Waals surface area contributed by atoms with Gasteiger partial charge < -0.3 is 9.84 Å². The zero-order valence-electron chi connectivity index (χ0n) is 11.0. The number of nitrogens with one attached hydrogen (secondary N) is 1. The smallest absolute Gasteiger partial charge is 0.241 e. The quantitative estimate of drug-likeness (QED) is 0.927. The zero-order valence-corrected chi connectivity index (χ0v) is 11.8. The average Bonchev–Trinajstić information content (AvgIpc) is 3.10. The van der Waals surface area contributed by atoms with E-state index >= 15 is 0 Å². The number of hydrogen-bond acceptors (Lipinski definition) is 6. The highest BCUT2D eigenvalue weighted by molar-refractivity contribution is 7.08. The molecular formula is C13H18N4OS. The van der Waals surface area contributed by atoms with Crippen molar-refractivity contribution in [1.82, 2.24) is 20.4 Å². The average molecular weight is 278 g/mol. The Morgan fingerprint density at radius 2 is 2.32 bits per heavy atom. The van der Waals surface area contributed by atoms with Crippen LogP contribution in [0.5, 0.6) is 0 Å². The van der Waals surface area contributed by atoms with Gasteiger partial charge in [-0.05, 0) is 44.4 Å². The summed E-state index contributed by atoms with van der Waals surface area (Å²) >= 11 is 1.64. The molecule has 2 aromatic rings. The number of rotatable bonds is 4. The third kappa shape index (κ3) is 3.02. The number of nitrogens with zero attached hydrogens (tertiary/aromatic N) is 3. The molecule has 3 heterocycles. The lowest BCUT2D eigenvalue weighted by molar-refractivity contribution is 0.171. The molecule has 1 fully saturated rings. The van der Waals surface area contributed by atoms with Crippen molar-refractivity contribution in [3.63, 3.8) is 0 Å². The second-order valence-electron chi connectivity index (χ2n) is 4.92. The maximum absolute atomic E-state index is 5.34. The van der Waals surface area contributed by atoms with Crippen molar-refractivity contribution in [2.45, 2.75) is 25.4 Å². The molecule has 0 atom stereocenters. The summed E-state index contributed by atoms with van der Waals surface area (Å²) in [5, 5.41) is 11.5. The lowest BCUT2D eigenvalue weighted by Crippen LogP contribution is -2.40. The van der Waals surface area contributed by atoms with E-state index in [1.165, 1.54) is 12.8 Å². The first-order valence-electron chi connectivity index (χ1n) is 6.59. The van der Waals surface area contributed by atoms with Gasteiger partial charge in [-0.2, -0.15) is 16.3 Å². The maximum atomic E-state index is 5.34. The minimum Gasteiger partial charge on any atom is -0.338 e. The summed E-state index contributed by atoms with van der Waals surface area (Å²) < 4.78 is 5.34. The molecule has 0 aromatic carbocycles. The first-order valence-corrected chi connectivity index (χ1v) is 7.53. The predicted molar refractivity (Wildman–Crippen MR) is 75.0 cm³/mol. The maximum Gasteiger partial charge on any atom is 0.241 e. The first-order chi connectivity index (χ1) is 9.33. The minimum atomic E-state index is 0.609. The Morgan fingerprint density at radius 1 is 1.47 bits per heavy atom. The molecule has 1 N–H and O–H groups in total. The molecule has 5 nitrogen and oxygen atoms in total. The Hall–Kier alpha value is -1.24. The van der Waals surface area contributed by atoms with E-state index in [1.54, 1.807) is 11.3 Å². The van der Waals surface area contributed by atoms with Crippen LogP contribution in [0.25, 0.3) is 11.4 Å². The van der Waals surface area contributed by atoms with Crippen molar-refractivity contribution in [2.24, 2.45) is 0 Å². The molecule has 2 aromatic heterocycles. The van der Waals surface area contributed by atoms with Crippen LogP contribution in [0.2, 0.25) is 0 Å². The van der Waals surface area contributed by atoms with E-state index in [0.717, 1.165) is 25.2 Å². The molecule has 0 spiro atoms. The predicted octanol–water partition coefficient (Wildman–Crippen LogP) is 1.98. The van der Waals surface area contributed by atoms with E-state index in [2.05, 4.69) is 27.4 Å². The van der Waals surface area contributed by atoms with Gasteiger partial charge in [0, 0.05) is 17.0 Å². The summed E-state index contributed by atoms with van der Waals surface area (Å²) in [5.74, 6) is 1.39. The molecule has 0 aliphatic carbocycles. The van der Waals surface area contributed by atoms with Crippen LogP contribution in [-0.4, -0.2) is 41.2 Å². The van der Waals surface area contributed by atoms with Gasteiger partial charge in [0.1, 0.15) is 0 Å². The van der Waals surface area contributed by atoms with Crippen molar-refractivity contribution < 1.29 is 4.52 Å². The molecule has 1 aliphatic heterocycles. The van der Waals surface area contributed by atoms with Gasteiger partial charge in [-0.15, -0.1) is 0 Å². The molecule has 3 rings (SSSR count). The van der Waals surface area contributed by atoms with Crippen LogP contribution >= 0.6 is 11.3 Å². The van der Waals surface area contributed by atoms with Crippen LogP contribution in [0.1, 0.15) is 18.7 Å². The Kier molecular flexibility index (Phi) is 3.91. The number of thiophene rings is 1. The normalized spacial score (nSPS) is 17.2. The first kappa shape index (κ1) is 12.8. The van der Waals surface area contributed by atoms with Gasteiger partial charge in [-0.25, -0.2) is 0 Å². The van der Waals surface area contributed by atoms with E-state index in [-0.39, 0.29) is 0 Å². The molecule has 0 unspecified atom stereocenters. The van der Waals surface area contributed by atoms with Crippen LogP contribution in [0, 0.1) is 0 Å². The second kappa shape index (κ2) is 5.81. The summed E-state index contributed by atoms with van der Waals surface area (Å²) in [5.41, 5.74) is 1.03. The van der Waals surface area contributed by atoms with Crippen molar-refractivity contribution in [2.75, 3.05) is 20.1 Å². The fraction of sp³-hybridized carbons (Fsp3) is 0.538. The topological polar surface area (TPSA) is 54.2 Å². The Morgan fingerprint density at radius 3 is 3.05 bits per heavy atom. The van der Waals surface area contributed by atoms with Crippen LogP contribution in [-0.2, 0) is 6.54 Å². The molecule has 0 radical (unpaired) electrons. The SMILES string of the molecule is CN(Cc1nc(-c2ccsc2)no1)C1CCNCC1. The number of piperidine rings is 1. The molecule has 6 heteroatoms. The van der Waals surface area contributed by atoms with E-state index in [9.17, 15) is 0 Å². The third-order valence-electron chi connectivity index (χ3n) is 3.56. The zero-order chi connectivity index (χ0) is 13.1. The Labute approximate surface area is 116 Å². The molecule has 0 amide bonds. The van der Waals surface area contributed by atoms with Crippen LogP contribution in [0.4, 0.5) is 0 Å². The third-order valence-corrected chi connectivity index (χ3v) is 4.25. The van der Waals surface area contributed by atoms with Gasteiger partial charge >= 0.3 is 0 Å². The fourth-order valence-electron chi connectivity index (χ4n) is 2.42. The standard InChI is InChI=1S/C13H18N4OS/c1-17(11-2-5-14-6-3-11)8-12-15-13(16-18-12)10-4-7-19-9-10/h4,7,9,11,14H,2-3,5-6,8H2,1H3. The monoisotopic (exact) mass is 278 g/mol. The van der Waals surface area contributed by atoms with Gasteiger partial charge in [0.25, 0.3) is 0 Å². The van der Waals surface area contributed by atoms with Crippen LogP contribution in [0.3, 0.4) is 0 Å². The van der Waals surface area contributed by atoms with Crippen molar-refractivity contribution in [1.29, 1.82) is 0 Å². The van der Waals surface area contributed by atoms with Crippen molar-refractivity contribution >= 4 is 11.3 Å². The molecule has 0 saturated carbocycles. The Bertz CT molecular complexity index is 504. The Balaban J connectivity index is 1.63. The highest BCUT2D eigenvalue weighted by Gasteiger charge is 2.20. The fourth-order valence-corrected chi connectivity index (χ4v) is 3.05. The molecule has 102 valence electrons. The van der Waals surface area contributed by atoms with E-state index in [1.807, 2.05) is 16.8 Å². The van der Waals surface area contributed by atoms with Gasteiger partial charge in [0.15, 0.2) is 0 Å². The molecular weight excluding hydrogens is 260 g/mol. The van der Waals surface area contributed by atoms with Gasteiger partial charge in [-0.1, -0.05) is 5.16 Å². The van der Waals surface area contributed by atoms with E-state index < -0.39 is 0 Å². The molecule has 0 bridgehead atoms. The summed E-state index contributed by atoms with van der Waals surface area (Å²) in [6.45, 7) is 2.92. The highest BCUT2D eigenvalue weighted by Crippen LogP contribution is 2.19. The minimum absolute atomic E-state index is 0.609. The van der Waals surface area contributed by atoms with Gasteiger partial charge in [0.2, 0.25) is 11.7 Å². The van der Waals surface area contributed by atoms with Gasteiger partial charge in [0.05, 0.1) is 6.54 Å². The van der Waals surface area contributed by atoms with E-state index in [4.69, 9.17) is 4.52 Å². The number of aromatic nitrogens is 2. The second-order valence-corrected chi connectivity index (χ2v) is 5.70. The highest BCUT2D eigenvalue weighted by atomic mass is 32.1. The van der Waals surface area contributed by atoms with Crippen LogP contribution in [0.15, 0.2) is 21.3 Å². The van der Waals surface area contributed by atoms with Gasteiger partial charge in [-0.3, -0.25) is 4.90 Å². The number of hydrogen-bond donors (Lipinski definition) is 1. The largest absolute Gasteiger partial charge is 0.338 e. The van der Waals surface area contributed by atoms with E-state index in [0.29, 0.717) is 17.8 Å². The molecule has 1 aliphatic rings. The lowest BCUT2D eigenvalue weighted by atomic mass is 10.1. The molecule has 19 heavy (non-hydrogen) atoms. The summed E-state index contributed by atoms with van der Waals surface area (Å²) in [4.78, 5) is 6.77. The summed E-state index contributed by atoms with van der Waals surface area (Å²) in [7, 11) is 2.13. The summed E-state index contributed by atoms with van der Waals surface area (Å²) in [6, 6.07) is 2.62. The van der Waals surface area contributed by atoms with Crippen LogP contribution < -0.4 is 5.32 Å². The van der Waals surface area contributed by atoms with Crippen molar-refractivity contribution in [3.8, 4) is 11.4 Å².